The van der Waals surface area contributed by atoms with Crippen molar-refractivity contribution in [1.82, 2.24) is 0 Å². The first-order valence-corrected chi connectivity index (χ1v) is 9.45. The van der Waals surface area contributed by atoms with Crippen LogP contribution in [0.1, 0.15) is 26.3 Å². The maximum absolute atomic E-state index is 12.7. The highest BCUT2D eigenvalue weighted by molar-refractivity contribution is 6.07. The summed E-state index contributed by atoms with van der Waals surface area (Å²) in [5.41, 5.74) is 1.36. The topological polar surface area (TPSA) is 71.1 Å². The summed E-state index contributed by atoms with van der Waals surface area (Å²) in [6.07, 6.45) is 3.00. The molecular weight excluding hydrogens is 396 g/mol. The van der Waals surface area contributed by atoms with Gasteiger partial charge in [0.05, 0.1) is 26.9 Å². The molecule has 0 fully saturated rings. The second kappa shape index (κ2) is 10.1. The minimum atomic E-state index is -0.570. The number of carbonyl (C=O) groups excluding carboxylic acids is 2. The second-order valence-corrected chi connectivity index (χ2v) is 6.43. The lowest BCUT2D eigenvalue weighted by atomic mass is 10.1. The molecule has 0 amide bonds. The molecule has 0 atom stereocenters. The van der Waals surface area contributed by atoms with Crippen LogP contribution in [-0.4, -0.2) is 33.1 Å². The van der Waals surface area contributed by atoms with Crippen LogP contribution in [0.4, 0.5) is 0 Å². The molecule has 6 heteroatoms. The van der Waals surface area contributed by atoms with Crippen LogP contribution >= 0.6 is 0 Å². The van der Waals surface area contributed by atoms with Gasteiger partial charge in [-0.25, -0.2) is 4.79 Å². The van der Waals surface area contributed by atoms with E-state index in [1.807, 2.05) is 0 Å². The number of para-hydroxylation sites is 1. The average molecular weight is 418 g/mol. The normalized spacial score (nSPS) is 10.5. The highest BCUT2D eigenvalue weighted by Crippen LogP contribution is 2.33. The van der Waals surface area contributed by atoms with E-state index in [2.05, 4.69) is 0 Å². The number of ketones is 1. The summed E-state index contributed by atoms with van der Waals surface area (Å²) < 4.78 is 21.2. The third kappa shape index (κ3) is 5.30. The summed E-state index contributed by atoms with van der Waals surface area (Å²) in [6.45, 7) is 0. The van der Waals surface area contributed by atoms with Gasteiger partial charge in [0.25, 0.3) is 0 Å². The first-order chi connectivity index (χ1) is 15.0. The highest BCUT2D eigenvalue weighted by Gasteiger charge is 2.16. The Morgan fingerprint density at radius 1 is 0.742 bits per heavy atom. The number of ether oxygens (including phenoxy) is 4. The van der Waals surface area contributed by atoms with Gasteiger partial charge in [-0.3, -0.25) is 4.79 Å². The molecule has 3 aromatic carbocycles. The minimum absolute atomic E-state index is 0.199. The maximum atomic E-state index is 12.7. The van der Waals surface area contributed by atoms with Crippen molar-refractivity contribution in [2.24, 2.45) is 0 Å². The standard InChI is InChI=1S/C25H22O6/c1-28-20-13-10-17(11-14-20)22(26)15-12-18-6-5-9-23(30-3)24(18)31-25(27)19-7-4-8-21(16-19)29-2/h4-16H,1-3H3. The molecule has 0 radical (unpaired) electrons. The van der Waals surface area contributed by atoms with Gasteiger partial charge in [-0.15, -0.1) is 0 Å². The number of esters is 1. The van der Waals surface area contributed by atoms with Crippen LogP contribution in [0.5, 0.6) is 23.0 Å². The molecule has 0 N–H and O–H groups in total. The molecule has 0 bridgehead atoms. The fraction of sp³-hybridized carbons (Fsp3) is 0.120. The van der Waals surface area contributed by atoms with Crippen LogP contribution < -0.4 is 18.9 Å². The highest BCUT2D eigenvalue weighted by atomic mass is 16.6. The molecule has 0 heterocycles. The molecule has 6 nitrogen and oxygen atoms in total. The zero-order valence-corrected chi connectivity index (χ0v) is 17.5. The Labute approximate surface area is 180 Å². The lowest BCUT2D eigenvalue weighted by molar-refractivity contribution is 0.0728. The number of carbonyl (C=O) groups is 2. The van der Waals surface area contributed by atoms with Crippen molar-refractivity contribution in [3.63, 3.8) is 0 Å². The van der Waals surface area contributed by atoms with Gasteiger partial charge in [-0.2, -0.15) is 0 Å². The van der Waals surface area contributed by atoms with Crippen molar-refractivity contribution in [2.45, 2.75) is 0 Å². The molecule has 0 saturated carbocycles. The van der Waals surface area contributed by atoms with Gasteiger partial charge in [-0.05, 0) is 60.7 Å². The van der Waals surface area contributed by atoms with Crippen LogP contribution in [0.3, 0.4) is 0 Å². The molecule has 0 aliphatic carbocycles. The van der Waals surface area contributed by atoms with Gasteiger partial charge in [0.1, 0.15) is 11.5 Å². The van der Waals surface area contributed by atoms with Gasteiger partial charge in [0, 0.05) is 11.1 Å². The number of allylic oxidation sites excluding steroid dienone is 1. The van der Waals surface area contributed by atoms with Crippen molar-refractivity contribution >= 4 is 17.8 Å². The number of benzene rings is 3. The summed E-state index contributed by atoms with van der Waals surface area (Å²) in [7, 11) is 4.56. The number of rotatable bonds is 8. The van der Waals surface area contributed by atoms with Gasteiger partial charge < -0.3 is 18.9 Å². The number of hydrogen-bond acceptors (Lipinski definition) is 6. The number of methoxy groups -OCH3 is 3. The fourth-order valence-corrected chi connectivity index (χ4v) is 2.85. The van der Waals surface area contributed by atoms with E-state index < -0.39 is 5.97 Å². The van der Waals surface area contributed by atoms with Crippen LogP contribution in [0.15, 0.2) is 72.8 Å². The molecule has 31 heavy (non-hydrogen) atoms. The summed E-state index contributed by atoms with van der Waals surface area (Å²) >= 11 is 0. The van der Waals surface area contributed by atoms with Crippen molar-refractivity contribution in [3.05, 3.63) is 89.5 Å². The van der Waals surface area contributed by atoms with E-state index in [0.29, 0.717) is 33.9 Å². The minimum Gasteiger partial charge on any atom is -0.497 e. The van der Waals surface area contributed by atoms with E-state index >= 15 is 0 Å². The zero-order chi connectivity index (χ0) is 22.2. The van der Waals surface area contributed by atoms with Gasteiger partial charge in [-0.1, -0.05) is 18.2 Å². The summed E-state index contributed by atoms with van der Waals surface area (Å²) in [6, 6.07) is 18.6. The Hall–Kier alpha value is -4.06. The average Bonchev–Trinajstić information content (AvgIpc) is 2.83. The molecular formula is C25H22O6. The second-order valence-electron chi connectivity index (χ2n) is 6.43. The van der Waals surface area contributed by atoms with E-state index in [9.17, 15) is 9.59 Å². The fourth-order valence-electron chi connectivity index (χ4n) is 2.85. The Morgan fingerprint density at radius 2 is 1.45 bits per heavy atom. The Kier molecular flexibility index (Phi) is 7.06. The first-order valence-electron chi connectivity index (χ1n) is 9.45. The van der Waals surface area contributed by atoms with Crippen molar-refractivity contribution in [2.75, 3.05) is 21.3 Å². The largest absolute Gasteiger partial charge is 0.497 e. The number of hydrogen-bond donors (Lipinski definition) is 0. The summed E-state index contributed by atoms with van der Waals surface area (Å²) in [4.78, 5) is 25.2. The maximum Gasteiger partial charge on any atom is 0.343 e. The molecule has 3 rings (SSSR count). The van der Waals surface area contributed by atoms with Gasteiger partial charge >= 0.3 is 5.97 Å². The first kappa shape index (κ1) is 21.6. The van der Waals surface area contributed by atoms with Gasteiger partial charge in [0.15, 0.2) is 17.3 Å². The molecule has 0 saturated heterocycles. The predicted octanol–water partition coefficient (Wildman–Crippen LogP) is 4.83. The van der Waals surface area contributed by atoms with Crippen molar-refractivity contribution in [1.29, 1.82) is 0 Å². The third-order valence-corrected chi connectivity index (χ3v) is 4.52. The zero-order valence-electron chi connectivity index (χ0n) is 17.5. The van der Waals surface area contributed by atoms with Crippen molar-refractivity contribution < 1.29 is 28.5 Å². The summed E-state index contributed by atoms with van der Waals surface area (Å²) in [5.74, 6) is 1.03. The lowest BCUT2D eigenvalue weighted by Gasteiger charge is -2.12. The lowest BCUT2D eigenvalue weighted by Crippen LogP contribution is -2.10. The molecule has 158 valence electrons. The van der Waals surface area contributed by atoms with Crippen LogP contribution in [0.25, 0.3) is 6.08 Å². The third-order valence-electron chi connectivity index (χ3n) is 4.52. The van der Waals surface area contributed by atoms with E-state index in [-0.39, 0.29) is 11.5 Å². The Bertz CT molecular complexity index is 1100. The molecule has 0 aliphatic heterocycles. The van der Waals surface area contributed by atoms with E-state index in [4.69, 9.17) is 18.9 Å². The predicted molar refractivity (Wildman–Crippen MR) is 117 cm³/mol. The SMILES string of the molecule is COc1ccc(C(=O)C=Cc2cccc(OC)c2OC(=O)c2cccc(OC)c2)cc1. The van der Waals surface area contributed by atoms with Crippen LogP contribution in [0, 0.1) is 0 Å². The molecule has 0 aromatic heterocycles. The van der Waals surface area contributed by atoms with Crippen molar-refractivity contribution in [3.8, 4) is 23.0 Å². The van der Waals surface area contributed by atoms with Crippen LogP contribution in [0.2, 0.25) is 0 Å². The van der Waals surface area contributed by atoms with E-state index in [1.165, 1.54) is 20.3 Å². The monoisotopic (exact) mass is 418 g/mol. The quantitative estimate of drug-likeness (QED) is 0.226. The van der Waals surface area contributed by atoms with E-state index in [1.54, 1.807) is 79.9 Å². The Balaban J connectivity index is 1.86. The molecule has 0 spiro atoms. The van der Waals surface area contributed by atoms with Gasteiger partial charge in [0.2, 0.25) is 0 Å². The molecule has 3 aromatic rings. The smallest absolute Gasteiger partial charge is 0.343 e. The summed E-state index contributed by atoms with van der Waals surface area (Å²) in [5, 5.41) is 0. The Morgan fingerprint density at radius 3 is 2.13 bits per heavy atom. The van der Waals surface area contributed by atoms with Crippen LogP contribution in [-0.2, 0) is 0 Å². The molecule has 0 unspecified atom stereocenters. The van der Waals surface area contributed by atoms with E-state index in [0.717, 1.165) is 0 Å². The molecule has 0 aliphatic rings.